The predicted octanol–water partition coefficient (Wildman–Crippen LogP) is 2.74. The number of rotatable bonds is 10. The highest BCUT2D eigenvalue weighted by molar-refractivity contribution is 7.14. The van der Waals surface area contributed by atoms with Crippen molar-refractivity contribution in [2.75, 3.05) is 13.6 Å². The highest BCUT2D eigenvalue weighted by Gasteiger charge is 2.17. The van der Waals surface area contributed by atoms with Crippen molar-refractivity contribution in [1.82, 2.24) is 10.6 Å². The van der Waals surface area contributed by atoms with Crippen LogP contribution in [0, 0.1) is 5.41 Å². The van der Waals surface area contributed by atoms with Crippen LogP contribution in [0.15, 0.2) is 42.5 Å². The second-order valence-corrected chi connectivity index (χ2v) is 7.03. The Balaban J connectivity index is 1.93. The molecule has 0 fully saturated rings. The van der Waals surface area contributed by atoms with Gasteiger partial charge in [0.25, 0.3) is 5.91 Å². The van der Waals surface area contributed by atoms with Crippen molar-refractivity contribution in [3.05, 3.63) is 57.8 Å². The maximum absolute atomic E-state index is 12.5. The molecule has 5 nitrogen and oxygen atoms in total. The van der Waals surface area contributed by atoms with E-state index < -0.39 is 0 Å². The molecule has 5 N–H and O–H groups in total. The second kappa shape index (κ2) is 10.1. The summed E-state index contributed by atoms with van der Waals surface area (Å²) in [5.74, 6) is -0.0792. The Morgan fingerprint density at radius 1 is 1.28 bits per heavy atom. The van der Waals surface area contributed by atoms with Gasteiger partial charge in [0.15, 0.2) is 0 Å². The van der Waals surface area contributed by atoms with Crippen molar-refractivity contribution < 1.29 is 4.79 Å². The third kappa shape index (κ3) is 5.77. The molecule has 0 saturated heterocycles. The summed E-state index contributed by atoms with van der Waals surface area (Å²) < 4.78 is 0. The zero-order valence-electron chi connectivity index (χ0n) is 14.5. The van der Waals surface area contributed by atoms with Gasteiger partial charge in [-0.15, -0.1) is 11.3 Å². The fourth-order valence-electron chi connectivity index (χ4n) is 2.65. The predicted molar refractivity (Wildman–Crippen MR) is 105 cm³/mol. The SMILES string of the molecule is CNC(CC=N)c1ccc(C(=O)NC(CN)CCc2ccccc2)s1. The first kappa shape index (κ1) is 19.3. The van der Waals surface area contributed by atoms with Crippen molar-refractivity contribution in [1.29, 1.82) is 5.41 Å². The smallest absolute Gasteiger partial charge is 0.261 e. The lowest BCUT2D eigenvalue weighted by molar-refractivity contribution is 0.0940. The van der Waals surface area contributed by atoms with Crippen molar-refractivity contribution >= 4 is 23.5 Å². The van der Waals surface area contributed by atoms with Gasteiger partial charge in [-0.05, 0) is 43.8 Å². The van der Waals surface area contributed by atoms with E-state index in [9.17, 15) is 4.79 Å². The van der Waals surface area contributed by atoms with Gasteiger partial charge in [0, 0.05) is 29.9 Å². The number of carbonyl (C=O) groups is 1. The highest BCUT2D eigenvalue weighted by atomic mass is 32.1. The summed E-state index contributed by atoms with van der Waals surface area (Å²) in [6, 6.07) is 14.0. The maximum atomic E-state index is 12.5. The van der Waals surface area contributed by atoms with Crippen molar-refractivity contribution in [3.63, 3.8) is 0 Å². The minimum Gasteiger partial charge on any atom is -0.347 e. The summed E-state index contributed by atoms with van der Waals surface area (Å²) in [4.78, 5) is 14.2. The molecule has 25 heavy (non-hydrogen) atoms. The standard InChI is InChI=1S/C19H26N4OS/c1-22-16(11-12-20)17-9-10-18(25-17)19(24)23-15(13-21)8-7-14-5-3-2-4-6-14/h2-6,9-10,12,15-16,20,22H,7-8,11,13,21H2,1H3,(H,23,24). The molecular weight excluding hydrogens is 332 g/mol. The summed E-state index contributed by atoms with van der Waals surface area (Å²) in [5, 5.41) is 13.5. The molecule has 6 heteroatoms. The molecule has 2 unspecified atom stereocenters. The van der Waals surface area contributed by atoms with Gasteiger partial charge in [-0.2, -0.15) is 0 Å². The molecule has 2 aromatic rings. The lowest BCUT2D eigenvalue weighted by Crippen LogP contribution is -2.40. The Hall–Kier alpha value is -2.02. The van der Waals surface area contributed by atoms with Gasteiger partial charge in [0.2, 0.25) is 0 Å². The number of hydrogen-bond acceptors (Lipinski definition) is 5. The van der Waals surface area contributed by atoms with Crippen molar-refractivity contribution in [3.8, 4) is 0 Å². The molecule has 0 aliphatic carbocycles. The number of hydrogen-bond donors (Lipinski definition) is 4. The van der Waals surface area contributed by atoms with E-state index in [1.54, 1.807) is 0 Å². The molecular formula is C19H26N4OS. The molecule has 0 saturated carbocycles. The van der Waals surface area contributed by atoms with Crippen molar-refractivity contribution in [2.45, 2.75) is 31.3 Å². The maximum Gasteiger partial charge on any atom is 0.261 e. The summed E-state index contributed by atoms with van der Waals surface area (Å²) in [5.41, 5.74) is 7.08. The molecule has 0 radical (unpaired) electrons. The van der Waals surface area contributed by atoms with E-state index in [4.69, 9.17) is 11.1 Å². The van der Waals surface area contributed by atoms with E-state index in [1.807, 2.05) is 37.4 Å². The van der Waals surface area contributed by atoms with Crippen LogP contribution in [0.2, 0.25) is 0 Å². The fourth-order valence-corrected chi connectivity index (χ4v) is 3.68. The number of aryl methyl sites for hydroxylation is 1. The van der Waals surface area contributed by atoms with Crippen LogP contribution in [-0.2, 0) is 6.42 Å². The summed E-state index contributed by atoms with van der Waals surface area (Å²) in [6.45, 7) is 0.420. The molecule has 2 rings (SSSR count). The van der Waals surface area contributed by atoms with E-state index in [-0.39, 0.29) is 18.0 Å². The fraction of sp³-hybridized carbons (Fsp3) is 0.368. The Morgan fingerprint density at radius 3 is 2.68 bits per heavy atom. The number of nitrogens with one attached hydrogen (secondary N) is 3. The van der Waals surface area contributed by atoms with Crippen molar-refractivity contribution in [2.24, 2.45) is 5.73 Å². The monoisotopic (exact) mass is 358 g/mol. The van der Waals surface area contributed by atoms with E-state index in [1.165, 1.54) is 23.1 Å². The average Bonchev–Trinajstić information content (AvgIpc) is 3.14. The normalized spacial score (nSPS) is 13.2. The van der Waals surface area contributed by atoms with Crippen LogP contribution in [-0.4, -0.2) is 31.8 Å². The number of thiophene rings is 1. The Kier molecular flexibility index (Phi) is 7.78. The molecule has 1 aromatic heterocycles. The lowest BCUT2D eigenvalue weighted by Gasteiger charge is -2.16. The minimum atomic E-state index is -0.0792. The Morgan fingerprint density at radius 2 is 2.04 bits per heavy atom. The molecule has 2 atom stereocenters. The largest absolute Gasteiger partial charge is 0.347 e. The van der Waals surface area contributed by atoms with Crippen LogP contribution in [0.1, 0.15) is 39.0 Å². The van der Waals surface area contributed by atoms with Gasteiger partial charge in [-0.3, -0.25) is 4.79 Å². The number of benzene rings is 1. The van der Waals surface area contributed by atoms with Gasteiger partial charge in [0.05, 0.1) is 4.88 Å². The third-order valence-electron chi connectivity index (χ3n) is 4.14. The number of carbonyl (C=O) groups excluding carboxylic acids is 1. The molecule has 1 aromatic carbocycles. The Labute approximate surface area is 153 Å². The third-order valence-corrected chi connectivity index (χ3v) is 5.34. The average molecular weight is 359 g/mol. The first-order chi connectivity index (χ1) is 12.2. The topological polar surface area (TPSA) is 91.0 Å². The van der Waals surface area contributed by atoms with E-state index >= 15 is 0 Å². The first-order valence-electron chi connectivity index (χ1n) is 8.48. The van der Waals surface area contributed by atoms with E-state index in [0.29, 0.717) is 17.8 Å². The van der Waals surface area contributed by atoms with Crippen LogP contribution in [0.4, 0.5) is 0 Å². The van der Waals surface area contributed by atoms with Gasteiger partial charge in [-0.1, -0.05) is 30.3 Å². The summed E-state index contributed by atoms with van der Waals surface area (Å²) in [7, 11) is 1.86. The van der Waals surface area contributed by atoms with Gasteiger partial charge in [-0.25, -0.2) is 0 Å². The van der Waals surface area contributed by atoms with E-state index in [0.717, 1.165) is 17.7 Å². The molecule has 0 bridgehead atoms. The van der Waals surface area contributed by atoms with Gasteiger partial charge < -0.3 is 21.8 Å². The molecule has 134 valence electrons. The van der Waals surface area contributed by atoms with Gasteiger partial charge >= 0.3 is 0 Å². The molecule has 0 aliphatic rings. The van der Waals surface area contributed by atoms with Crippen LogP contribution < -0.4 is 16.4 Å². The zero-order valence-corrected chi connectivity index (χ0v) is 15.3. The van der Waals surface area contributed by atoms with Gasteiger partial charge in [0.1, 0.15) is 0 Å². The second-order valence-electron chi connectivity index (χ2n) is 5.91. The molecule has 0 spiro atoms. The lowest BCUT2D eigenvalue weighted by atomic mass is 10.1. The van der Waals surface area contributed by atoms with Crippen LogP contribution >= 0.6 is 11.3 Å². The first-order valence-corrected chi connectivity index (χ1v) is 9.30. The number of nitrogens with two attached hydrogens (primary N) is 1. The number of amides is 1. The Bertz CT molecular complexity index is 671. The molecule has 1 amide bonds. The zero-order chi connectivity index (χ0) is 18.1. The molecule has 0 aliphatic heterocycles. The van der Waals surface area contributed by atoms with Crippen LogP contribution in [0.25, 0.3) is 0 Å². The van der Waals surface area contributed by atoms with Crippen LogP contribution in [0.3, 0.4) is 0 Å². The van der Waals surface area contributed by atoms with E-state index in [2.05, 4.69) is 22.8 Å². The molecule has 1 heterocycles. The van der Waals surface area contributed by atoms with Crippen LogP contribution in [0.5, 0.6) is 0 Å². The summed E-state index contributed by atoms with van der Waals surface area (Å²) in [6.07, 6.45) is 3.70. The minimum absolute atomic E-state index is 0.0417. The quantitative estimate of drug-likeness (QED) is 0.492. The summed E-state index contributed by atoms with van der Waals surface area (Å²) >= 11 is 1.46. The highest BCUT2D eigenvalue weighted by Crippen LogP contribution is 2.25.